The Morgan fingerprint density at radius 2 is 1.88 bits per heavy atom. The summed E-state index contributed by atoms with van der Waals surface area (Å²) in [5.41, 5.74) is 2.43. The highest BCUT2D eigenvalue weighted by Crippen LogP contribution is 2.42. The van der Waals surface area contributed by atoms with Gasteiger partial charge in [0.05, 0.1) is 30.8 Å². The van der Waals surface area contributed by atoms with Crippen LogP contribution in [-0.4, -0.2) is 31.1 Å². The Bertz CT molecular complexity index is 1130. The fraction of sp³-hybridized carbons (Fsp3) is 0.333. The van der Waals surface area contributed by atoms with Crippen molar-refractivity contribution < 1.29 is 28.7 Å². The molecule has 2 N–H and O–H groups in total. The quantitative estimate of drug-likeness (QED) is 0.322. The molecule has 1 aliphatic heterocycles. The highest BCUT2D eigenvalue weighted by molar-refractivity contribution is 5.95. The molecule has 180 valence electrons. The lowest BCUT2D eigenvalue weighted by Crippen LogP contribution is -2.45. The lowest BCUT2D eigenvalue weighted by atomic mass is 9.93. The van der Waals surface area contributed by atoms with Crippen molar-refractivity contribution in [1.29, 1.82) is 0 Å². The van der Waals surface area contributed by atoms with E-state index in [2.05, 4.69) is 10.6 Å². The topological polar surface area (TPSA) is 129 Å². The summed E-state index contributed by atoms with van der Waals surface area (Å²) in [5.74, 6) is -0.595. The van der Waals surface area contributed by atoms with Gasteiger partial charge < -0.3 is 24.8 Å². The fourth-order valence-electron chi connectivity index (χ4n) is 3.71. The van der Waals surface area contributed by atoms with Gasteiger partial charge in [-0.1, -0.05) is 43.2 Å². The number of esters is 1. The van der Waals surface area contributed by atoms with Crippen molar-refractivity contribution in [1.82, 2.24) is 10.6 Å². The molecular weight excluding hydrogens is 442 g/mol. The number of aryl methyl sites for hydroxylation is 1. The van der Waals surface area contributed by atoms with Gasteiger partial charge in [0.15, 0.2) is 5.75 Å². The summed E-state index contributed by atoms with van der Waals surface area (Å²) in [5, 5.41) is 17.3. The minimum atomic E-state index is -0.971. The molecule has 34 heavy (non-hydrogen) atoms. The van der Waals surface area contributed by atoms with Crippen LogP contribution in [0.25, 0.3) is 0 Å². The minimum Gasteiger partial charge on any atom is -0.493 e. The molecule has 3 rings (SSSR count). The van der Waals surface area contributed by atoms with E-state index in [0.717, 1.165) is 11.1 Å². The molecule has 10 nitrogen and oxygen atoms in total. The zero-order valence-electron chi connectivity index (χ0n) is 19.5. The molecule has 0 spiro atoms. The van der Waals surface area contributed by atoms with Crippen LogP contribution in [0.4, 0.5) is 10.5 Å². The summed E-state index contributed by atoms with van der Waals surface area (Å²) in [7, 11) is 2.60. The number of carbonyl (C=O) groups excluding carboxylic acids is 2. The van der Waals surface area contributed by atoms with E-state index in [-0.39, 0.29) is 34.9 Å². The Balaban J connectivity index is 2.07. The van der Waals surface area contributed by atoms with E-state index in [9.17, 15) is 19.7 Å². The van der Waals surface area contributed by atoms with Gasteiger partial charge in [-0.2, -0.15) is 0 Å². The van der Waals surface area contributed by atoms with Gasteiger partial charge in [0, 0.05) is 11.8 Å². The molecule has 1 heterocycles. The second kappa shape index (κ2) is 10.7. The monoisotopic (exact) mass is 469 g/mol. The first-order chi connectivity index (χ1) is 16.3. The number of benzene rings is 2. The molecule has 0 radical (unpaired) electrons. The fourth-order valence-corrected chi connectivity index (χ4v) is 3.71. The van der Waals surface area contributed by atoms with Gasteiger partial charge in [-0.05, 0) is 30.5 Å². The summed E-state index contributed by atoms with van der Waals surface area (Å²) in [6.45, 7) is 3.95. The number of nitrogens with zero attached hydrogens (tertiary/aromatic N) is 1. The summed E-state index contributed by atoms with van der Waals surface area (Å²) in [6, 6.07) is 8.87. The summed E-state index contributed by atoms with van der Waals surface area (Å²) in [4.78, 5) is 36.3. The minimum absolute atomic E-state index is 0.0468. The molecule has 1 atom stereocenters. The number of nitrogens with one attached hydrogen (secondary N) is 2. The lowest BCUT2D eigenvalue weighted by Gasteiger charge is -2.29. The van der Waals surface area contributed by atoms with Crippen molar-refractivity contribution >= 4 is 17.7 Å². The van der Waals surface area contributed by atoms with Crippen molar-refractivity contribution in [2.45, 2.75) is 39.3 Å². The standard InChI is InChI=1S/C24H27N3O7/c1-5-6-17-20(23(28)33-4)21(26-24(29)25-17)16-11-18(27(30)31)22(19(12-16)32-3)34-13-15-9-7-14(2)8-10-15/h7-12,21H,5-6,13H2,1-4H3,(H2,25,26,29). The Morgan fingerprint density at radius 3 is 2.47 bits per heavy atom. The molecular formula is C24H27N3O7. The third kappa shape index (κ3) is 5.28. The van der Waals surface area contributed by atoms with E-state index < -0.39 is 23.0 Å². The normalized spacial score (nSPS) is 15.3. The van der Waals surface area contributed by atoms with Crippen LogP contribution in [0.5, 0.6) is 11.5 Å². The lowest BCUT2D eigenvalue weighted by molar-refractivity contribution is -0.386. The van der Waals surface area contributed by atoms with Crippen LogP contribution < -0.4 is 20.1 Å². The predicted octanol–water partition coefficient (Wildman–Crippen LogP) is 4.07. The van der Waals surface area contributed by atoms with E-state index in [0.29, 0.717) is 18.5 Å². The number of urea groups is 1. The van der Waals surface area contributed by atoms with Crippen LogP contribution in [0.2, 0.25) is 0 Å². The van der Waals surface area contributed by atoms with E-state index >= 15 is 0 Å². The maximum absolute atomic E-state index is 12.6. The van der Waals surface area contributed by atoms with Crippen molar-refractivity contribution in [2.24, 2.45) is 0 Å². The zero-order chi connectivity index (χ0) is 24.8. The molecule has 0 saturated carbocycles. The first-order valence-electron chi connectivity index (χ1n) is 10.7. The number of methoxy groups -OCH3 is 2. The number of hydrogen-bond donors (Lipinski definition) is 2. The van der Waals surface area contributed by atoms with Crippen LogP contribution in [-0.2, 0) is 16.1 Å². The number of hydrogen-bond acceptors (Lipinski definition) is 7. The Labute approximate surface area is 197 Å². The maximum atomic E-state index is 12.6. The van der Waals surface area contributed by atoms with Gasteiger partial charge in [0.1, 0.15) is 6.61 Å². The number of amides is 2. The van der Waals surface area contributed by atoms with Gasteiger partial charge in [-0.25, -0.2) is 9.59 Å². The Hall–Kier alpha value is -4.08. The molecule has 0 aromatic heterocycles. The van der Waals surface area contributed by atoms with E-state index in [4.69, 9.17) is 14.2 Å². The van der Waals surface area contributed by atoms with Gasteiger partial charge in [0.25, 0.3) is 0 Å². The molecule has 2 amide bonds. The van der Waals surface area contributed by atoms with Crippen LogP contribution in [0.1, 0.15) is 42.5 Å². The average molecular weight is 469 g/mol. The zero-order valence-corrected chi connectivity index (χ0v) is 19.5. The summed E-state index contributed by atoms with van der Waals surface area (Å²) >= 11 is 0. The van der Waals surface area contributed by atoms with Crippen molar-refractivity contribution in [2.75, 3.05) is 14.2 Å². The van der Waals surface area contributed by atoms with Gasteiger partial charge in [-0.3, -0.25) is 10.1 Å². The smallest absolute Gasteiger partial charge is 0.337 e. The molecule has 1 unspecified atom stereocenters. The third-order valence-corrected chi connectivity index (χ3v) is 5.37. The van der Waals surface area contributed by atoms with E-state index in [1.54, 1.807) is 0 Å². The number of nitro benzene ring substituents is 1. The Kier molecular flexibility index (Phi) is 7.72. The van der Waals surface area contributed by atoms with Crippen LogP contribution >= 0.6 is 0 Å². The number of ether oxygens (including phenoxy) is 3. The summed E-state index contributed by atoms with van der Waals surface area (Å²) in [6.07, 6.45) is 1.09. The molecule has 1 aliphatic rings. The predicted molar refractivity (Wildman–Crippen MR) is 124 cm³/mol. The van der Waals surface area contributed by atoms with Gasteiger partial charge in [-0.15, -0.1) is 0 Å². The first-order valence-corrected chi connectivity index (χ1v) is 10.7. The number of carbonyl (C=O) groups is 2. The molecule has 0 aliphatic carbocycles. The van der Waals surface area contributed by atoms with Gasteiger partial charge in [0.2, 0.25) is 5.75 Å². The van der Waals surface area contributed by atoms with Crippen LogP contribution in [0, 0.1) is 17.0 Å². The van der Waals surface area contributed by atoms with E-state index in [1.807, 2.05) is 38.1 Å². The Morgan fingerprint density at radius 1 is 1.18 bits per heavy atom. The SMILES string of the molecule is CCCC1=C(C(=O)OC)C(c2cc(OC)c(OCc3ccc(C)cc3)c([N+](=O)[O-])c2)NC(=O)N1. The average Bonchev–Trinajstić information content (AvgIpc) is 2.82. The van der Waals surface area contributed by atoms with Crippen LogP contribution in [0.3, 0.4) is 0 Å². The molecule has 2 aromatic carbocycles. The number of rotatable bonds is 9. The number of nitro groups is 1. The second-order valence-corrected chi connectivity index (χ2v) is 7.77. The van der Waals surface area contributed by atoms with Crippen LogP contribution in [0.15, 0.2) is 47.7 Å². The maximum Gasteiger partial charge on any atom is 0.337 e. The molecule has 2 aromatic rings. The number of allylic oxidation sites excluding steroid dienone is 1. The van der Waals surface area contributed by atoms with Crippen molar-refractivity contribution in [3.63, 3.8) is 0 Å². The van der Waals surface area contributed by atoms with E-state index in [1.165, 1.54) is 26.4 Å². The molecule has 10 heteroatoms. The van der Waals surface area contributed by atoms with Crippen molar-refractivity contribution in [3.8, 4) is 11.5 Å². The molecule has 0 bridgehead atoms. The summed E-state index contributed by atoms with van der Waals surface area (Å²) < 4.78 is 16.1. The second-order valence-electron chi connectivity index (χ2n) is 7.77. The first kappa shape index (κ1) is 24.6. The largest absolute Gasteiger partial charge is 0.493 e. The van der Waals surface area contributed by atoms with Gasteiger partial charge >= 0.3 is 17.7 Å². The molecule has 0 saturated heterocycles. The molecule has 0 fully saturated rings. The van der Waals surface area contributed by atoms with Crippen molar-refractivity contribution in [3.05, 3.63) is 74.5 Å². The highest BCUT2D eigenvalue weighted by atomic mass is 16.6. The third-order valence-electron chi connectivity index (χ3n) is 5.37. The highest BCUT2D eigenvalue weighted by Gasteiger charge is 2.35.